The topological polar surface area (TPSA) is 102 Å². The number of piperidine rings is 1. The van der Waals surface area contributed by atoms with E-state index in [0.717, 1.165) is 5.56 Å². The number of sulfonamides is 1. The standard InChI is InChI=1S/C25H29N3O5S/c1-18-3-5-19(6-4-18)23-17-26-25(33-23)12-11-24(29)27-20-13-15-28(16-14-20)34(30,31)22-9-7-21(32-2)8-10-22/h3-10,17,20H,11-16H2,1-2H3,(H,27,29). The largest absolute Gasteiger partial charge is 0.497 e. The lowest BCUT2D eigenvalue weighted by Gasteiger charge is -2.31. The number of nitrogens with one attached hydrogen (secondary N) is 1. The van der Waals surface area contributed by atoms with E-state index >= 15 is 0 Å². The average Bonchev–Trinajstić information content (AvgIpc) is 3.33. The second-order valence-corrected chi connectivity index (χ2v) is 10.3. The van der Waals surface area contributed by atoms with Gasteiger partial charge in [0, 0.05) is 37.5 Å². The molecule has 1 aromatic heterocycles. The fraction of sp³-hybridized carbons (Fsp3) is 0.360. The van der Waals surface area contributed by atoms with Crippen LogP contribution < -0.4 is 10.1 Å². The smallest absolute Gasteiger partial charge is 0.243 e. The molecule has 1 aliphatic rings. The van der Waals surface area contributed by atoms with Gasteiger partial charge in [0.15, 0.2) is 11.7 Å². The van der Waals surface area contributed by atoms with E-state index in [4.69, 9.17) is 9.15 Å². The molecule has 1 aliphatic heterocycles. The highest BCUT2D eigenvalue weighted by Gasteiger charge is 2.30. The van der Waals surface area contributed by atoms with Crippen molar-refractivity contribution in [2.45, 2.75) is 43.5 Å². The van der Waals surface area contributed by atoms with Crippen LogP contribution in [0.5, 0.6) is 5.75 Å². The molecule has 1 amide bonds. The Kier molecular flexibility index (Phi) is 7.33. The van der Waals surface area contributed by atoms with Gasteiger partial charge in [-0.05, 0) is 44.0 Å². The summed E-state index contributed by atoms with van der Waals surface area (Å²) in [6, 6.07) is 14.3. The number of methoxy groups -OCH3 is 1. The van der Waals surface area contributed by atoms with E-state index in [2.05, 4.69) is 10.3 Å². The number of amides is 1. The maximum Gasteiger partial charge on any atom is 0.243 e. The summed E-state index contributed by atoms with van der Waals surface area (Å²) in [5, 5.41) is 3.01. The van der Waals surface area contributed by atoms with Crippen molar-refractivity contribution < 1.29 is 22.4 Å². The van der Waals surface area contributed by atoms with Crippen LogP contribution in [0.4, 0.5) is 0 Å². The van der Waals surface area contributed by atoms with Gasteiger partial charge in [0.05, 0.1) is 18.2 Å². The third-order valence-electron chi connectivity index (χ3n) is 5.97. The van der Waals surface area contributed by atoms with Crippen molar-refractivity contribution in [1.82, 2.24) is 14.6 Å². The maximum atomic E-state index is 12.9. The Bertz CT molecular complexity index is 1210. The highest BCUT2D eigenvalue weighted by molar-refractivity contribution is 7.89. The fourth-order valence-corrected chi connectivity index (χ4v) is 5.40. The van der Waals surface area contributed by atoms with E-state index in [0.29, 0.717) is 49.8 Å². The van der Waals surface area contributed by atoms with Gasteiger partial charge in [-0.15, -0.1) is 0 Å². The van der Waals surface area contributed by atoms with Crippen molar-refractivity contribution >= 4 is 15.9 Å². The van der Waals surface area contributed by atoms with E-state index in [-0.39, 0.29) is 23.3 Å². The molecule has 0 radical (unpaired) electrons. The van der Waals surface area contributed by atoms with Gasteiger partial charge in [-0.1, -0.05) is 29.8 Å². The van der Waals surface area contributed by atoms with Gasteiger partial charge in [-0.2, -0.15) is 4.31 Å². The zero-order valence-corrected chi connectivity index (χ0v) is 20.2. The normalized spacial score (nSPS) is 15.2. The number of rotatable bonds is 8. The van der Waals surface area contributed by atoms with Crippen molar-refractivity contribution in [1.29, 1.82) is 0 Å². The van der Waals surface area contributed by atoms with Gasteiger partial charge in [0.25, 0.3) is 0 Å². The number of hydrogen-bond donors (Lipinski definition) is 1. The molecule has 3 aromatic rings. The van der Waals surface area contributed by atoms with Crippen molar-refractivity contribution in [3.05, 3.63) is 66.2 Å². The van der Waals surface area contributed by atoms with E-state index in [9.17, 15) is 13.2 Å². The molecule has 2 heterocycles. The number of carbonyl (C=O) groups excluding carboxylic acids is 1. The minimum absolute atomic E-state index is 0.0532. The Morgan fingerprint density at radius 2 is 1.79 bits per heavy atom. The molecule has 1 N–H and O–H groups in total. The Morgan fingerprint density at radius 3 is 2.44 bits per heavy atom. The first-order valence-corrected chi connectivity index (χ1v) is 12.7. The molecule has 180 valence electrons. The first-order chi connectivity index (χ1) is 16.3. The number of benzene rings is 2. The van der Waals surface area contributed by atoms with Crippen LogP contribution in [0, 0.1) is 6.92 Å². The van der Waals surface area contributed by atoms with Crippen LogP contribution in [-0.2, 0) is 21.2 Å². The first kappa shape index (κ1) is 24.0. The molecule has 0 bridgehead atoms. The number of aryl methyl sites for hydroxylation is 2. The highest BCUT2D eigenvalue weighted by Crippen LogP contribution is 2.24. The molecular weight excluding hydrogens is 454 g/mol. The van der Waals surface area contributed by atoms with Crippen LogP contribution >= 0.6 is 0 Å². The molecule has 0 atom stereocenters. The van der Waals surface area contributed by atoms with E-state index in [1.54, 1.807) is 30.5 Å². The third-order valence-corrected chi connectivity index (χ3v) is 7.88. The van der Waals surface area contributed by atoms with Gasteiger partial charge < -0.3 is 14.5 Å². The number of hydrogen-bond acceptors (Lipinski definition) is 6. The average molecular weight is 484 g/mol. The quantitative estimate of drug-likeness (QED) is 0.526. The highest BCUT2D eigenvalue weighted by atomic mass is 32.2. The third kappa shape index (κ3) is 5.66. The minimum atomic E-state index is -3.56. The molecule has 34 heavy (non-hydrogen) atoms. The molecule has 1 saturated heterocycles. The zero-order chi connectivity index (χ0) is 24.1. The van der Waals surface area contributed by atoms with Crippen molar-refractivity contribution in [3.8, 4) is 17.1 Å². The predicted octanol–water partition coefficient (Wildman–Crippen LogP) is 3.56. The zero-order valence-electron chi connectivity index (χ0n) is 19.4. The van der Waals surface area contributed by atoms with Gasteiger partial charge >= 0.3 is 0 Å². The summed E-state index contributed by atoms with van der Waals surface area (Å²) >= 11 is 0. The molecule has 0 aliphatic carbocycles. The predicted molar refractivity (Wildman–Crippen MR) is 128 cm³/mol. The summed E-state index contributed by atoms with van der Waals surface area (Å²) in [5.74, 6) is 1.72. The van der Waals surface area contributed by atoms with Crippen molar-refractivity contribution in [2.24, 2.45) is 0 Å². The van der Waals surface area contributed by atoms with E-state index in [1.165, 1.54) is 17.0 Å². The Labute approximate surface area is 200 Å². The van der Waals surface area contributed by atoms with E-state index < -0.39 is 10.0 Å². The van der Waals surface area contributed by atoms with Gasteiger partial charge in [-0.25, -0.2) is 13.4 Å². The molecule has 8 nitrogen and oxygen atoms in total. The molecular formula is C25H29N3O5S. The summed E-state index contributed by atoms with van der Waals surface area (Å²) in [5.41, 5.74) is 2.12. The van der Waals surface area contributed by atoms with E-state index in [1.807, 2.05) is 31.2 Å². The van der Waals surface area contributed by atoms with Crippen LogP contribution in [-0.4, -0.2) is 49.9 Å². The van der Waals surface area contributed by atoms with Crippen molar-refractivity contribution in [2.75, 3.05) is 20.2 Å². The SMILES string of the molecule is COc1ccc(S(=O)(=O)N2CCC(NC(=O)CCc3ncc(-c4ccc(C)cc4)o3)CC2)cc1. The summed E-state index contributed by atoms with van der Waals surface area (Å²) in [7, 11) is -2.03. The number of aromatic nitrogens is 1. The van der Waals surface area contributed by atoms with Gasteiger partial charge in [0.1, 0.15) is 5.75 Å². The molecule has 0 spiro atoms. The molecule has 0 saturated carbocycles. The fourth-order valence-electron chi connectivity index (χ4n) is 3.93. The second-order valence-electron chi connectivity index (χ2n) is 8.41. The van der Waals surface area contributed by atoms with Crippen LogP contribution in [0.15, 0.2) is 64.0 Å². The summed E-state index contributed by atoms with van der Waals surface area (Å²) in [6.45, 7) is 2.75. The molecule has 0 unspecified atom stereocenters. The number of ether oxygens (including phenoxy) is 1. The van der Waals surface area contributed by atoms with Gasteiger partial charge in [0.2, 0.25) is 15.9 Å². The lowest BCUT2D eigenvalue weighted by Crippen LogP contribution is -2.46. The minimum Gasteiger partial charge on any atom is -0.497 e. The Balaban J connectivity index is 1.24. The first-order valence-electron chi connectivity index (χ1n) is 11.3. The van der Waals surface area contributed by atoms with Crippen LogP contribution in [0.1, 0.15) is 30.7 Å². The van der Waals surface area contributed by atoms with Crippen molar-refractivity contribution in [3.63, 3.8) is 0 Å². The number of carbonyl (C=O) groups is 1. The Hall–Kier alpha value is -3.17. The molecule has 2 aromatic carbocycles. The summed E-state index contributed by atoms with van der Waals surface area (Å²) in [4.78, 5) is 17.0. The maximum absolute atomic E-state index is 12.9. The Morgan fingerprint density at radius 1 is 1.12 bits per heavy atom. The summed E-state index contributed by atoms with van der Waals surface area (Å²) < 4.78 is 38.1. The summed E-state index contributed by atoms with van der Waals surface area (Å²) in [6.07, 6.45) is 3.48. The van der Waals surface area contributed by atoms with Crippen LogP contribution in [0.25, 0.3) is 11.3 Å². The lowest BCUT2D eigenvalue weighted by atomic mass is 10.1. The number of nitrogens with zero attached hydrogens (tertiary/aromatic N) is 2. The number of oxazole rings is 1. The van der Waals surface area contributed by atoms with Crippen LogP contribution in [0.2, 0.25) is 0 Å². The van der Waals surface area contributed by atoms with Gasteiger partial charge in [-0.3, -0.25) is 4.79 Å². The second kappa shape index (κ2) is 10.4. The van der Waals surface area contributed by atoms with Crippen LogP contribution in [0.3, 0.4) is 0 Å². The molecule has 9 heteroatoms. The lowest BCUT2D eigenvalue weighted by molar-refractivity contribution is -0.122. The molecule has 1 fully saturated rings. The monoisotopic (exact) mass is 483 g/mol. The molecule has 4 rings (SSSR count).